The summed E-state index contributed by atoms with van der Waals surface area (Å²) < 4.78 is 0. The lowest BCUT2D eigenvalue weighted by Gasteiger charge is -2.14. The van der Waals surface area contributed by atoms with Gasteiger partial charge in [-0.25, -0.2) is 9.59 Å². The molecule has 28 heavy (non-hydrogen) atoms. The average molecular weight is 386 g/mol. The van der Waals surface area contributed by atoms with Gasteiger partial charge in [0.2, 0.25) is 0 Å². The first-order valence-corrected chi connectivity index (χ1v) is 9.68. The van der Waals surface area contributed by atoms with Crippen LogP contribution in [0.4, 0.5) is 0 Å². The van der Waals surface area contributed by atoms with Crippen LogP contribution in [0.15, 0.2) is 60.7 Å². The van der Waals surface area contributed by atoms with Gasteiger partial charge in [-0.2, -0.15) is 0 Å². The first kappa shape index (κ1) is 23.4. The number of benzene rings is 2. The highest BCUT2D eigenvalue weighted by molar-refractivity contribution is 5.87. The summed E-state index contributed by atoms with van der Waals surface area (Å²) in [5.74, 6) is -0.728. The summed E-state index contributed by atoms with van der Waals surface area (Å²) >= 11 is 0. The summed E-state index contributed by atoms with van der Waals surface area (Å²) in [6, 6.07) is 17.3. The van der Waals surface area contributed by atoms with Crippen molar-refractivity contribution in [3.05, 3.63) is 71.8 Å². The number of carboxylic acid groups (broad SMARTS) is 2. The van der Waals surface area contributed by atoms with Gasteiger partial charge in [-0.1, -0.05) is 62.1 Å². The van der Waals surface area contributed by atoms with Crippen LogP contribution in [0.3, 0.4) is 0 Å². The summed E-state index contributed by atoms with van der Waals surface area (Å²) in [5, 5.41) is 20.1. The van der Waals surface area contributed by atoms with Crippen molar-refractivity contribution in [2.75, 3.05) is 7.05 Å². The maximum Gasteiger partial charge on any atom is 0.335 e. The maximum atomic E-state index is 10.2. The Morgan fingerprint density at radius 1 is 0.893 bits per heavy atom. The smallest absolute Gasteiger partial charge is 0.335 e. The molecular weight excluding hydrogens is 354 g/mol. The summed E-state index contributed by atoms with van der Waals surface area (Å²) in [4.78, 5) is 20.4. The summed E-state index contributed by atoms with van der Waals surface area (Å²) in [7, 11) is 2.06. The van der Waals surface area contributed by atoms with Crippen LogP contribution in [-0.4, -0.2) is 35.2 Å². The van der Waals surface area contributed by atoms with E-state index in [9.17, 15) is 9.59 Å². The fraction of sp³-hybridized carbons (Fsp3) is 0.391. The molecule has 1 aliphatic rings. The van der Waals surface area contributed by atoms with E-state index in [0.717, 1.165) is 12.0 Å². The van der Waals surface area contributed by atoms with Crippen molar-refractivity contribution in [1.82, 2.24) is 5.32 Å². The number of carbonyl (C=O) groups is 2. The number of hydrogen-bond acceptors (Lipinski definition) is 3. The van der Waals surface area contributed by atoms with Gasteiger partial charge in [-0.15, -0.1) is 0 Å². The monoisotopic (exact) mass is 385 g/mol. The number of rotatable bonds is 5. The van der Waals surface area contributed by atoms with Gasteiger partial charge in [0.05, 0.1) is 11.1 Å². The van der Waals surface area contributed by atoms with E-state index in [1.54, 1.807) is 60.7 Å². The molecule has 2 aromatic rings. The molecule has 0 heterocycles. The van der Waals surface area contributed by atoms with Gasteiger partial charge in [0.1, 0.15) is 0 Å². The molecule has 1 aliphatic carbocycles. The molecule has 0 aliphatic heterocycles. The SMILES string of the molecule is CNC(C)CC1CCCC1.O=C(O)c1ccccc1.O=C(O)c1ccccc1. The Hall–Kier alpha value is -2.66. The van der Waals surface area contributed by atoms with Crippen LogP contribution in [0, 0.1) is 5.92 Å². The van der Waals surface area contributed by atoms with Crippen molar-refractivity contribution in [3.8, 4) is 0 Å². The Labute approximate surface area is 167 Å². The van der Waals surface area contributed by atoms with Gasteiger partial charge in [0.15, 0.2) is 0 Å². The van der Waals surface area contributed by atoms with Crippen LogP contribution in [0.1, 0.15) is 59.7 Å². The first-order valence-electron chi connectivity index (χ1n) is 9.68. The Morgan fingerprint density at radius 2 is 1.29 bits per heavy atom. The molecule has 5 heteroatoms. The molecule has 2 aromatic carbocycles. The largest absolute Gasteiger partial charge is 0.478 e. The first-order chi connectivity index (χ1) is 13.4. The highest BCUT2D eigenvalue weighted by Crippen LogP contribution is 2.28. The van der Waals surface area contributed by atoms with E-state index < -0.39 is 11.9 Å². The van der Waals surface area contributed by atoms with Crippen molar-refractivity contribution < 1.29 is 19.8 Å². The lowest BCUT2D eigenvalue weighted by Crippen LogP contribution is -2.23. The minimum atomic E-state index is -0.879. The highest BCUT2D eigenvalue weighted by Gasteiger charge is 2.16. The fourth-order valence-electron chi connectivity index (χ4n) is 3.03. The Morgan fingerprint density at radius 3 is 1.57 bits per heavy atom. The van der Waals surface area contributed by atoms with Crippen LogP contribution < -0.4 is 5.32 Å². The Bertz CT molecular complexity index is 633. The van der Waals surface area contributed by atoms with Crippen LogP contribution in [0.25, 0.3) is 0 Å². The molecule has 152 valence electrons. The molecule has 5 nitrogen and oxygen atoms in total. The normalized spacial score (nSPS) is 14.1. The lowest BCUT2D eigenvalue weighted by molar-refractivity contribution is 0.0686. The predicted octanol–water partition coefficient (Wildman–Crippen LogP) is 4.94. The van der Waals surface area contributed by atoms with E-state index in [-0.39, 0.29) is 0 Å². The van der Waals surface area contributed by atoms with Crippen molar-refractivity contribution in [2.24, 2.45) is 5.92 Å². The number of carboxylic acids is 2. The zero-order valence-electron chi connectivity index (χ0n) is 16.7. The Balaban J connectivity index is 0.000000210. The average Bonchev–Trinajstić information content (AvgIpc) is 3.23. The van der Waals surface area contributed by atoms with Crippen LogP contribution >= 0.6 is 0 Å². The van der Waals surface area contributed by atoms with E-state index >= 15 is 0 Å². The van der Waals surface area contributed by atoms with Gasteiger partial charge < -0.3 is 15.5 Å². The minimum Gasteiger partial charge on any atom is -0.478 e. The molecule has 1 fully saturated rings. The predicted molar refractivity (Wildman–Crippen MR) is 112 cm³/mol. The topological polar surface area (TPSA) is 86.6 Å². The molecule has 0 saturated heterocycles. The summed E-state index contributed by atoms with van der Waals surface area (Å²) in [6.45, 7) is 2.28. The minimum absolute atomic E-state index is 0.331. The number of aromatic carboxylic acids is 2. The standard InChI is InChI=1S/C9H19N.2C7H6O2/c1-8(10-2)7-9-5-3-4-6-9;2*8-7(9)6-4-2-1-3-5-6/h8-10H,3-7H2,1-2H3;2*1-5H,(H,8,9). The van der Waals surface area contributed by atoms with E-state index in [1.165, 1.54) is 32.1 Å². The van der Waals surface area contributed by atoms with Gasteiger partial charge in [0.25, 0.3) is 0 Å². The number of hydrogen-bond donors (Lipinski definition) is 3. The van der Waals surface area contributed by atoms with Crippen molar-refractivity contribution in [1.29, 1.82) is 0 Å². The van der Waals surface area contributed by atoms with Gasteiger partial charge in [0, 0.05) is 6.04 Å². The lowest BCUT2D eigenvalue weighted by atomic mass is 10.00. The molecule has 3 N–H and O–H groups in total. The van der Waals surface area contributed by atoms with E-state index in [1.807, 2.05) is 0 Å². The molecule has 0 spiro atoms. The molecule has 1 atom stereocenters. The number of nitrogens with one attached hydrogen (secondary N) is 1. The van der Waals surface area contributed by atoms with Crippen LogP contribution in [-0.2, 0) is 0 Å². The van der Waals surface area contributed by atoms with E-state index in [2.05, 4.69) is 19.3 Å². The van der Waals surface area contributed by atoms with Crippen molar-refractivity contribution in [3.63, 3.8) is 0 Å². The molecular formula is C23H31NO4. The van der Waals surface area contributed by atoms with Gasteiger partial charge in [-0.3, -0.25) is 0 Å². The second-order valence-electron chi connectivity index (χ2n) is 6.92. The third kappa shape index (κ3) is 9.88. The highest BCUT2D eigenvalue weighted by atomic mass is 16.4. The fourth-order valence-corrected chi connectivity index (χ4v) is 3.03. The maximum absolute atomic E-state index is 10.2. The van der Waals surface area contributed by atoms with Crippen LogP contribution in [0.5, 0.6) is 0 Å². The molecule has 3 rings (SSSR count). The quantitative estimate of drug-likeness (QED) is 0.678. The van der Waals surface area contributed by atoms with Crippen molar-refractivity contribution >= 4 is 11.9 Å². The second-order valence-corrected chi connectivity index (χ2v) is 6.92. The molecule has 0 bridgehead atoms. The summed E-state index contributed by atoms with van der Waals surface area (Å²) in [6.07, 6.45) is 7.29. The third-order valence-corrected chi connectivity index (χ3v) is 4.70. The molecule has 1 unspecified atom stereocenters. The molecule has 1 saturated carbocycles. The zero-order valence-corrected chi connectivity index (χ0v) is 16.7. The molecule has 0 amide bonds. The van der Waals surface area contributed by atoms with E-state index in [0.29, 0.717) is 11.1 Å². The van der Waals surface area contributed by atoms with Crippen molar-refractivity contribution in [2.45, 2.75) is 45.1 Å². The van der Waals surface area contributed by atoms with Crippen LogP contribution in [0.2, 0.25) is 0 Å². The second kappa shape index (κ2) is 13.5. The summed E-state index contributed by atoms with van der Waals surface area (Å²) in [5.41, 5.74) is 0.662. The van der Waals surface area contributed by atoms with E-state index in [4.69, 9.17) is 10.2 Å². The van der Waals surface area contributed by atoms with Gasteiger partial charge in [-0.05, 0) is 50.6 Å². The van der Waals surface area contributed by atoms with Gasteiger partial charge >= 0.3 is 11.9 Å². The molecule has 0 aromatic heterocycles. The zero-order chi connectivity index (χ0) is 20.8. The Kier molecular flexibility index (Phi) is 11.3. The molecule has 0 radical (unpaired) electrons. The third-order valence-electron chi connectivity index (χ3n) is 4.70.